The van der Waals surface area contributed by atoms with Crippen LogP contribution in [0.25, 0.3) is 0 Å². The summed E-state index contributed by atoms with van der Waals surface area (Å²) in [6, 6.07) is 16.2. The zero-order valence-corrected chi connectivity index (χ0v) is 23.0. The number of nitrogens with one attached hydrogen (secondary N) is 1. The number of methoxy groups -OCH3 is 1. The number of carbonyl (C=O) groups excluding carboxylic acids is 2. The molecule has 1 heterocycles. The van der Waals surface area contributed by atoms with Crippen molar-refractivity contribution in [3.05, 3.63) is 88.0 Å². The molecular formula is C28H30N4O7S. The number of hydrogen-bond donors (Lipinski definition) is 1. The van der Waals surface area contributed by atoms with E-state index in [1.807, 2.05) is 0 Å². The Bertz CT molecular complexity index is 1520. The molecule has 0 aromatic heterocycles. The molecule has 0 saturated carbocycles. The number of nitrogens with zero attached hydrogens (tertiary/aromatic N) is 3. The summed E-state index contributed by atoms with van der Waals surface area (Å²) in [7, 11) is -2.96. The van der Waals surface area contributed by atoms with Crippen LogP contribution in [-0.4, -0.2) is 56.8 Å². The Balaban J connectivity index is 1.66. The topological polar surface area (TPSA) is 139 Å². The van der Waals surface area contributed by atoms with Crippen molar-refractivity contribution in [1.82, 2.24) is 4.90 Å². The summed E-state index contributed by atoms with van der Waals surface area (Å²) in [5, 5.41) is 14.2. The van der Waals surface area contributed by atoms with Gasteiger partial charge in [-0.05, 0) is 68.7 Å². The molecule has 1 N–H and O–H groups in total. The third-order valence-electron chi connectivity index (χ3n) is 6.69. The van der Waals surface area contributed by atoms with E-state index in [1.165, 1.54) is 38.3 Å². The van der Waals surface area contributed by atoms with Crippen molar-refractivity contribution in [1.29, 1.82) is 0 Å². The van der Waals surface area contributed by atoms with E-state index < -0.39 is 27.4 Å². The molecule has 0 radical (unpaired) electrons. The first-order chi connectivity index (χ1) is 19.1. The lowest BCUT2D eigenvalue weighted by atomic mass is 10.1. The van der Waals surface area contributed by atoms with E-state index in [9.17, 15) is 28.1 Å². The average Bonchev–Trinajstić information content (AvgIpc) is 2.96. The number of carbonyl (C=O) groups is 2. The predicted molar refractivity (Wildman–Crippen MR) is 150 cm³/mol. The SMILES string of the molecule is COc1ccc(N(CC(=O)Nc2ccccc2C(=O)N2CCCCC2)S(=O)(=O)c2ccc(C)c([N+](=O)[O-])c2)cc1. The number of anilines is 2. The van der Waals surface area contributed by atoms with Crippen LogP contribution in [0.15, 0.2) is 71.6 Å². The van der Waals surface area contributed by atoms with Gasteiger partial charge in [0.1, 0.15) is 12.3 Å². The van der Waals surface area contributed by atoms with Crippen molar-refractivity contribution < 1.29 is 27.7 Å². The number of benzene rings is 3. The van der Waals surface area contributed by atoms with Crippen LogP contribution < -0.4 is 14.4 Å². The molecule has 1 aliphatic rings. The summed E-state index contributed by atoms with van der Waals surface area (Å²) in [6.07, 6.45) is 2.88. The molecule has 1 fully saturated rings. The van der Waals surface area contributed by atoms with E-state index in [1.54, 1.807) is 41.3 Å². The Kier molecular flexibility index (Phi) is 8.68. The number of sulfonamides is 1. The first-order valence-electron chi connectivity index (χ1n) is 12.7. The molecule has 0 spiro atoms. The molecule has 0 atom stereocenters. The molecule has 1 saturated heterocycles. The maximum Gasteiger partial charge on any atom is 0.273 e. The quantitative estimate of drug-likeness (QED) is 0.300. The Morgan fingerprint density at radius 2 is 1.70 bits per heavy atom. The predicted octanol–water partition coefficient (Wildman–Crippen LogP) is 4.37. The van der Waals surface area contributed by atoms with Gasteiger partial charge in [0.15, 0.2) is 0 Å². The average molecular weight is 567 g/mol. The number of aryl methyl sites for hydroxylation is 1. The summed E-state index contributed by atoms with van der Waals surface area (Å²) in [5.41, 5.74) is 0.668. The number of amides is 2. The van der Waals surface area contributed by atoms with Crippen LogP contribution >= 0.6 is 0 Å². The van der Waals surface area contributed by atoms with Gasteiger partial charge in [-0.3, -0.25) is 24.0 Å². The van der Waals surface area contributed by atoms with Crippen molar-refractivity contribution in [2.24, 2.45) is 0 Å². The number of ether oxygens (including phenoxy) is 1. The highest BCUT2D eigenvalue weighted by Crippen LogP contribution is 2.29. The molecule has 4 rings (SSSR count). The Morgan fingerprint density at radius 3 is 2.35 bits per heavy atom. The van der Waals surface area contributed by atoms with Gasteiger partial charge in [0, 0.05) is 24.7 Å². The second-order valence-electron chi connectivity index (χ2n) is 9.36. The van der Waals surface area contributed by atoms with Crippen molar-refractivity contribution in [3.8, 4) is 5.75 Å². The molecule has 11 nitrogen and oxygen atoms in total. The number of para-hydroxylation sites is 1. The molecule has 2 amide bonds. The van der Waals surface area contributed by atoms with Crippen LogP contribution in [0.1, 0.15) is 35.2 Å². The highest BCUT2D eigenvalue weighted by Gasteiger charge is 2.30. The van der Waals surface area contributed by atoms with Gasteiger partial charge in [-0.15, -0.1) is 0 Å². The Hall–Kier alpha value is -4.45. The van der Waals surface area contributed by atoms with Crippen LogP contribution in [0.4, 0.5) is 17.1 Å². The first-order valence-corrected chi connectivity index (χ1v) is 14.2. The van der Waals surface area contributed by atoms with Crippen LogP contribution in [0.3, 0.4) is 0 Å². The van der Waals surface area contributed by atoms with Crippen molar-refractivity contribution in [2.75, 3.05) is 36.4 Å². The minimum atomic E-state index is -4.43. The molecule has 0 bridgehead atoms. The number of rotatable bonds is 9. The lowest BCUT2D eigenvalue weighted by Crippen LogP contribution is -2.39. The molecule has 1 aliphatic heterocycles. The van der Waals surface area contributed by atoms with E-state index in [4.69, 9.17) is 4.74 Å². The largest absolute Gasteiger partial charge is 0.497 e. The van der Waals surface area contributed by atoms with Gasteiger partial charge in [-0.2, -0.15) is 0 Å². The van der Waals surface area contributed by atoms with Crippen LogP contribution in [0.5, 0.6) is 5.75 Å². The highest BCUT2D eigenvalue weighted by molar-refractivity contribution is 7.92. The molecule has 0 unspecified atom stereocenters. The molecule has 40 heavy (non-hydrogen) atoms. The standard InChI is InChI=1S/C28H30N4O7S/c1-20-10-15-23(18-26(20)32(35)36)40(37,38)31(21-11-13-22(39-2)14-12-21)19-27(33)29-25-9-5-4-8-24(25)28(34)30-16-6-3-7-17-30/h4-5,8-15,18H,3,6-7,16-17,19H2,1-2H3,(H,29,33). The molecule has 3 aromatic rings. The van der Waals surface area contributed by atoms with Gasteiger partial charge in [-0.1, -0.05) is 18.2 Å². The summed E-state index contributed by atoms with van der Waals surface area (Å²) in [6.45, 7) is 2.12. The zero-order chi connectivity index (χ0) is 28.9. The Morgan fingerprint density at radius 1 is 1.02 bits per heavy atom. The van der Waals surface area contributed by atoms with Gasteiger partial charge >= 0.3 is 0 Å². The van der Waals surface area contributed by atoms with Gasteiger partial charge in [0.2, 0.25) is 5.91 Å². The molecular weight excluding hydrogens is 536 g/mol. The van der Waals surface area contributed by atoms with Gasteiger partial charge < -0.3 is 15.0 Å². The van der Waals surface area contributed by atoms with Crippen molar-refractivity contribution in [2.45, 2.75) is 31.1 Å². The van der Waals surface area contributed by atoms with Crippen LogP contribution in [-0.2, 0) is 14.8 Å². The number of piperidine rings is 1. The van der Waals surface area contributed by atoms with Crippen LogP contribution in [0, 0.1) is 17.0 Å². The third kappa shape index (κ3) is 6.23. The fraction of sp³-hybridized carbons (Fsp3) is 0.286. The van der Waals surface area contributed by atoms with E-state index in [0.29, 0.717) is 30.0 Å². The lowest BCUT2D eigenvalue weighted by Gasteiger charge is -2.28. The first kappa shape index (κ1) is 28.6. The number of likely N-dealkylation sites (tertiary alicyclic amines) is 1. The van der Waals surface area contributed by atoms with Crippen molar-refractivity contribution >= 4 is 38.9 Å². The van der Waals surface area contributed by atoms with E-state index in [-0.39, 0.29) is 27.9 Å². The Labute approximate surface area is 232 Å². The summed E-state index contributed by atoms with van der Waals surface area (Å²) in [5.74, 6) is -0.427. The molecule has 12 heteroatoms. The second kappa shape index (κ2) is 12.2. The second-order valence-corrected chi connectivity index (χ2v) is 11.2. The molecule has 210 valence electrons. The van der Waals surface area contributed by atoms with Gasteiger partial charge in [0.25, 0.3) is 21.6 Å². The summed E-state index contributed by atoms with van der Waals surface area (Å²) >= 11 is 0. The summed E-state index contributed by atoms with van der Waals surface area (Å²) in [4.78, 5) is 38.7. The number of nitro groups is 1. The number of nitro benzene ring substituents is 1. The minimum absolute atomic E-state index is 0.150. The number of hydrogen-bond acceptors (Lipinski definition) is 7. The molecule has 3 aromatic carbocycles. The monoisotopic (exact) mass is 566 g/mol. The fourth-order valence-electron chi connectivity index (χ4n) is 4.50. The van der Waals surface area contributed by atoms with Crippen LogP contribution in [0.2, 0.25) is 0 Å². The van der Waals surface area contributed by atoms with Gasteiger partial charge in [0.05, 0.1) is 33.9 Å². The lowest BCUT2D eigenvalue weighted by molar-refractivity contribution is -0.385. The van der Waals surface area contributed by atoms with E-state index >= 15 is 0 Å². The highest BCUT2D eigenvalue weighted by atomic mass is 32.2. The summed E-state index contributed by atoms with van der Waals surface area (Å²) < 4.78 is 33.6. The fourth-order valence-corrected chi connectivity index (χ4v) is 5.94. The molecule has 0 aliphatic carbocycles. The normalized spacial score (nSPS) is 13.4. The van der Waals surface area contributed by atoms with E-state index in [2.05, 4.69) is 5.32 Å². The van der Waals surface area contributed by atoms with Gasteiger partial charge in [-0.25, -0.2) is 8.42 Å². The zero-order valence-electron chi connectivity index (χ0n) is 22.2. The maximum atomic E-state index is 13.8. The van der Waals surface area contributed by atoms with E-state index in [0.717, 1.165) is 29.6 Å². The minimum Gasteiger partial charge on any atom is -0.497 e. The smallest absolute Gasteiger partial charge is 0.273 e. The maximum absolute atomic E-state index is 13.8. The third-order valence-corrected chi connectivity index (χ3v) is 8.46. The van der Waals surface area contributed by atoms with Crippen molar-refractivity contribution in [3.63, 3.8) is 0 Å².